The van der Waals surface area contributed by atoms with E-state index in [0.717, 1.165) is 6.20 Å². The van der Waals surface area contributed by atoms with Crippen LogP contribution in [0.4, 0.5) is 4.39 Å². The van der Waals surface area contributed by atoms with Crippen molar-refractivity contribution in [3.63, 3.8) is 0 Å². The lowest BCUT2D eigenvalue weighted by Gasteiger charge is -2.11. The van der Waals surface area contributed by atoms with Gasteiger partial charge >= 0.3 is 0 Å². The highest BCUT2D eigenvalue weighted by Crippen LogP contribution is 2.28. The van der Waals surface area contributed by atoms with Gasteiger partial charge in [0.2, 0.25) is 10.0 Å². The number of nitrogens with two attached hydrogens (primary N) is 1. The molecule has 2 aromatic carbocycles. The minimum Gasteiger partial charge on any atom is -0.229 e. The molecule has 0 saturated heterocycles. The summed E-state index contributed by atoms with van der Waals surface area (Å²) < 4.78 is 38.8. The Morgan fingerprint density at radius 3 is 2.32 bits per heavy atom. The van der Waals surface area contributed by atoms with Crippen LogP contribution in [-0.2, 0) is 10.0 Å². The molecule has 1 aromatic heterocycles. The zero-order valence-electron chi connectivity index (χ0n) is 11.3. The van der Waals surface area contributed by atoms with Gasteiger partial charge in [0.25, 0.3) is 0 Å². The fourth-order valence-corrected chi connectivity index (χ4v) is 2.95. The summed E-state index contributed by atoms with van der Waals surface area (Å²) in [4.78, 5) is -0.115. The molecule has 0 fully saturated rings. The van der Waals surface area contributed by atoms with E-state index in [1.165, 1.54) is 16.8 Å². The molecule has 2 N–H and O–H groups in total. The molecule has 0 amide bonds. The van der Waals surface area contributed by atoms with Crippen LogP contribution in [0.1, 0.15) is 0 Å². The molecule has 22 heavy (non-hydrogen) atoms. The third-order valence-corrected chi connectivity index (χ3v) is 4.13. The Morgan fingerprint density at radius 1 is 1.00 bits per heavy atom. The van der Waals surface area contributed by atoms with Gasteiger partial charge in [0, 0.05) is 5.56 Å². The molecule has 0 radical (unpaired) electrons. The second-order valence-corrected chi connectivity index (χ2v) is 6.16. The Morgan fingerprint density at radius 2 is 1.64 bits per heavy atom. The molecule has 0 unspecified atom stereocenters. The number of benzene rings is 2. The highest BCUT2D eigenvalue weighted by Gasteiger charge is 2.20. The molecule has 5 nitrogen and oxygen atoms in total. The van der Waals surface area contributed by atoms with Crippen LogP contribution in [0, 0.1) is 5.82 Å². The summed E-state index contributed by atoms with van der Waals surface area (Å²) in [6.07, 6.45) is 1.04. The van der Waals surface area contributed by atoms with Crippen molar-refractivity contribution in [2.45, 2.75) is 4.90 Å². The van der Waals surface area contributed by atoms with Crippen LogP contribution in [-0.4, -0.2) is 18.2 Å². The van der Waals surface area contributed by atoms with Gasteiger partial charge in [-0.05, 0) is 12.1 Å². The van der Waals surface area contributed by atoms with E-state index in [1.807, 2.05) is 0 Å². The van der Waals surface area contributed by atoms with E-state index in [0.29, 0.717) is 5.56 Å². The van der Waals surface area contributed by atoms with E-state index in [1.54, 1.807) is 42.5 Å². The van der Waals surface area contributed by atoms with Crippen LogP contribution < -0.4 is 5.14 Å². The number of aromatic nitrogens is 2. The molecule has 0 bridgehead atoms. The van der Waals surface area contributed by atoms with Gasteiger partial charge in [-0.1, -0.05) is 42.5 Å². The molecule has 7 heteroatoms. The zero-order valence-corrected chi connectivity index (χ0v) is 12.2. The van der Waals surface area contributed by atoms with Crippen molar-refractivity contribution in [3.8, 4) is 16.9 Å². The topological polar surface area (TPSA) is 78.0 Å². The lowest BCUT2D eigenvalue weighted by molar-refractivity contribution is 0.596. The first-order valence-electron chi connectivity index (χ1n) is 6.39. The quantitative estimate of drug-likeness (QED) is 0.805. The maximum absolute atomic E-state index is 14.1. The maximum atomic E-state index is 14.1. The Kier molecular flexibility index (Phi) is 3.51. The summed E-state index contributed by atoms with van der Waals surface area (Å²) in [5.74, 6) is -0.546. The van der Waals surface area contributed by atoms with Gasteiger partial charge < -0.3 is 0 Å². The Labute approximate surface area is 126 Å². The van der Waals surface area contributed by atoms with Gasteiger partial charge in [-0.15, -0.1) is 0 Å². The number of hydrogen-bond donors (Lipinski definition) is 1. The summed E-state index contributed by atoms with van der Waals surface area (Å²) in [6, 6.07) is 14.8. The van der Waals surface area contributed by atoms with Crippen molar-refractivity contribution >= 4 is 10.0 Å². The predicted molar refractivity (Wildman–Crippen MR) is 80.3 cm³/mol. The molecule has 0 aliphatic carbocycles. The first-order chi connectivity index (χ1) is 10.5. The second kappa shape index (κ2) is 5.36. The number of hydrogen-bond acceptors (Lipinski definition) is 3. The van der Waals surface area contributed by atoms with Gasteiger partial charge in [0.05, 0.1) is 11.9 Å². The number of sulfonamides is 1. The zero-order chi connectivity index (χ0) is 15.7. The van der Waals surface area contributed by atoms with Crippen LogP contribution in [0.5, 0.6) is 0 Å². The van der Waals surface area contributed by atoms with Crippen LogP contribution in [0.15, 0.2) is 65.7 Å². The van der Waals surface area contributed by atoms with Crippen molar-refractivity contribution in [1.29, 1.82) is 0 Å². The summed E-state index contributed by atoms with van der Waals surface area (Å²) in [5.41, 5.74) is 0.964. The van der Waals surface area contributed by atoms with E-state index >= 15 is 0 Å². The van der Waals surface area contributed by atoms with Gasteiger partial charge in [-0.3, -0.25) is 0 Å². The first kappa shape index (κ1) is 14.4. The summed E-state index contributed by atoms with van der Waals surface area (Å²) in [5, 5.41) is 9.19. The fourth-order valence-electron chi connectivity index (χ4n) is 2.24. The molecule has 0 aliphatic rings. The summed E-state index contributed by atoms with van der Waals surface area (Å²) in [7, 11) is -3.95. The van der Waals surface area contributed by atoms with Crippen molar-refractivity contribution in [3.05, 3.63) is 66.6 Å². The lowest BCUT2D eigenvalue weighted by atomic mass is 10.1. The Balaban J connectivity index is 2.29. The Hall–Kier alpha value is -2.51. The molecule has 0 saturated carbocycles. The SMILES string of the molecule is NS(=O)(=O)c1ccccc1-n1ncc(F)c1-c1ccccc1. The van der Waals surface area contributed by atoms with Crippen LogP contribution >= 0.6 is 0 Å². The van der Waals surface area contributed by atoms with Gasteiger partial charge in [0.15, 0.2) is 5.82 Å². The predicted octanol–water partition coefficient (Wildman–Crippen LogP) is 2.33. The third-order valence-electron chi connectivity index (χ3n) is 3.17. The lowest BCUT2D eigenvalue weighted by Crippen LogP contribution is -2.16. The third kappa shape index (κ3) is 2.51. The largest absolute Gasteiger partial charge is 0.240 e. The number of halogens is 1. The van der Waals surface area contributed by atoms with Crippen LogP contribution in [0.25, 0.3) is 16.9 Å². The number of rotatable bonds is 3. The van der Waals surface area contributed by atoms with E-state index in [2.05, 4.69) is 5.10 Å². The minimum atomic E-state index is -3.95. The van der Waals surface area contributed by atoms with Crippen molar-refractivity contribution in [2.24, 2.45) is 5.14 Å². The molecular formula is C15H12FN3O2S. The average molecular weight is 317 g/mol. The molecule has 0 aliphatic heterocycles. The average Bonchev–Trinajstić information content (AvgIpc) is 2.89. The van der Waals surface area contributed by atoms with Gasteiger partial charge in [-0.2, -0.15) is 5.10 Å². The minimum absolute atomic E-state index is 0.115. The molecular weight excluding hydrogens is 305 g/mol. The van der Waals surface area contributed by atoms with Crippen molar-refractivity contribution in [1.82, 2.24) is 9.78 Å². The highest BCUT2D eigenvalue weighted by atomic mass is 32.2. The summed E-state index contributed by atoms with van der Waals surface area (Å²) >= 11 is 0. The standard InChI is InChI=1S/C15H12FN3O2S/c16-12-10-18-19(15(12)11-6-2-1-3-7-11)13-8-4-5-9-14(13)22(17,20)21/h1-10H,(H2,17,20,21). The van der Waals surface area contributed by atoms with Crippen molar-refractivity contribution in [2.75, 3.05) is 0 Å². The maximum Gasteiger partial charge on any atom is 0.240 e. The molecule has 1 heterocycles. The molecule has 0 atom stereocenters. The smallest absolute Gasteiger partial charge is 0.229 e. The normalized spacial score (nSPS) is 11.5. The monoisotopic (exact) mass is 317 g/mol. The van der Waals surface area contributed by atoms with Crippen LogP contribution in [0.3, 0.4) is 0 Å². The number of para-hydroxylation sites is 1. The molecule has 3 aromatic rings. The molecule has 3 rings (SSSR count). The first-order valence-corrected chi connectivity index (χ1v) is 7.94. The highest BCUT2D eigenvalue weighted by molar-refractivity contribution is 7.89. The van der Waals surface area contributed by atoms with Crippen molar-refractivity contribution < 1.29 is 12.8 Å². The number of nitrogens with zero attached hydrogens (tertiary/aromatic N) is 2. The molecule has 0 spiro atoms. The van der Waals surface area contributed by atoms with E-state index in [-0.39, 0.29) is 16.3 Å². The molecule has 112 valence electrons. The number of primary sulfonamides is 1. The van der Waals surface area contributed by atoms with E-state index < -0.39 is 15.8 Å². The van der Waals surface area contributed by atoms with Gasteiger partial charge in [0.1, 0.15) is 10.6 Å². The van der Waals surface area contributed by atoms with E-state index in [9.17, 15) is 12.8 Å². The van der Waals surface area contributed by atoms with Crippen LogP contribution in [0.2, 0.25) is 0 Å². The fraction of sp³-hybridized carbons (Fsp3) is 0. The van der Waals surface area contributed by atoms with Gasteiger partial charge in [-0.25, -0.2) is 22.6 Å². The Bertz CT molecular complexity index is 921. The van der Waals surface area contributed by atoms with E-state index in [4.69, 9.17) is 5.14 Å². The summed E-state index contributed by atoms with van der Waals surface area (Å²) in [6.45, 7) is 0. The second-order valence-electron chi connectivity index (χ2n) is 4.63.